The number of rotatable bonds is 60. The summed E-state index contributed by atoms with van der Waals surface area (Å²) in [7, 11) is 0. The molecule has 6 nitrogen and oxygen atoms in total. The molecule has 0 amide bonds. The third-order valence-corrected chi connectivity index (χ3v) is 14.8. The summed E-state index contributed by atoms with van der Waals surface area (Å²) in [5.74, 6) is -0.840. The summed E-state index contributed by atoms with van der Waals surface area (Å²) >= 11 is 0. The first-order chi connectivity index (χ1) is 35.0. The maximum absolute atomic E-state index is 12.8. The number of hydrogen-bond acceptors (Lipinski definition) is 6. The second-order valence-corrected chi connectivity index (χ2v) is 22.0. The Morgan fingerprint density at radius 3 is 0.704 bits per heavy atom. The average molecular weight is 1000 g/mol. The first-order valence-electron chi connectivity index (χ1n) is 32.2. The number of allylic oxidation sites excluding steroid dienone is 2. The minimum absolute atomic E-state index is 0.0632. The van der Waals surface area contributed by atoms with E-state index in [2.05, 4.69) is 32.9 Å². The lowest BCUT2D eigenvalue weighted by atomic mass is 10.0. The van der Waals surface area contributed by atoms with Gasteiger partial charge in [-0.3, -0.25) is 14.4 Å². The molecule has 0 N–H and O–H groups in total. The van der Waals surface area contributed by atoms with E-state index in [0.29, 0.717) is 19.3 Å². The van der Waals surface area contributed by atoms with Crippen LogP contribution in [0.15, 0.2) is 12.2 Å². The van der Waals surface area contributed by atoms with E-state index in [0.717, 1.165) is 57.8 Å². The summed E-state index contributed by atoms with van der Waals surface area (Å²) in [5, 5.41) is 0. The lowest BCUT2D eigenvalue weighted by Crippen LogP contribution is -2.30. The number of esters is 3. The van der Waals surface area contributed by atoms with E-state index in [1.165, 1.54) is 270 Å². The van der Waals surface area contributed by atoms with E-state index in [-0.39, 0.29) is 31.1 Å². The molecule has 0 rings (SSSR count). The van der Waals surface area contributed by atoms with Crippen molar-refractivity contribution in [3.8, 4) is 0 Å². The molecule has 1 unspecified atom stereocenters. The van der Waals surface area contributed by atoms with Gasteiger partial charge in [0.1, 0.15) is 13.2 Å². The predicted octanol–water partition coefficient (Wildman–Crippen LogP) is 21.7. The van der Waals surface area contributed by atoms with Crippen molar-refractivity contribution in [1.29, 1.82) is 0 Å². The lowest BCUT2D eigenvalue weighted by Gasteiger charge is -2.18. The molecule has 71 heavy (non-hydrogen) atoms. The molecule has 0 aromatic rings. The van der Waals surface area contributed by atoms with Crippen molar-refractivity contribution in [1.82, 2.24) is 0 Å². The molecular weight excluding hydrogens is 877 g/mol. The number of carbonyl (C=O) groups is 3. The van der Waals surface area contributed by atoms with E-state index < -0.39 is 6.10 Å². The fourth-order valence-corrected chi connectivity index (χ4v) is 9.91. The Morgan fingerprint density at radius 1 is 0.268 bits per heavy atom. The fourth-order valence-electron chi connectivity index (χ4n) is 9.91. The molecule has 420 valence electrons. The number of hydrogen-bond donors (Lipinski definition) is 0. The van der Waals surface area contributed by atoms with Gasteiger partial charge in [0.2, 0.25) is 0 Å². The quantitative estimate of drug-likeness (QED) is 0.0261. The van der Waals surface area contributed by atoms with Crippen molar-refractivity contribution in [3.05, 3.63) is 12.2 Å². The Hall–Kier alpha value is -1.85. The topological polar surface area (TPSA) is 78.9 Å². The van der Waals surface area contributed by atoms with Crippen molar-refractivity contribution in [2.24, 2.45) is 0 Å². The highest BCUT2D eigenvalue weighted by atomic mass is 16.6. The summed E-state index contributed by atoms with van der Waals surface area (Å²) in [4.78, 5) is 38.1. The predicted molar refractivity (Wildman–Crippen MR) is 307 cm³/mol. The highest BCUT2D eigenvalue weighted by molar-refractivity contribution is 5.71. The second kappa shape index (κ2) is 60.7. The number of carbonyl (C=O) groups excluding carboxylic acids is 3. The summed E-state index contributed by atoms with van der Waals surface area (Å²) < 4.78 is 16.9. The third-order valence-electron chi connectivity index (χ3n) is 14.8. The summed E-state index contributed by atoms with van der Waals surface area (Å²) in [6.45, 7) is 6.68. The molecule has 0 aliphatic heterocycles. The Kier molecular flexibility index (Phi) is 59.1. The van der Waals surface area contributed by atoms with Gasteiger partial charge >= 0.3 is 17.9 Å². The minimum atomic E-state index is -0.762. The Bertz CT molecular complexity index is 1100. The molecule has 1 atom stereocenters. The van der Waals surface area contributed by atoms with Crippen LogP contribution in [-0.4, -0.2) is 37.2 Å². The van der Waals surface area contributed by atoms with Crippen LogP contribution in [0.2, 0.25) is 0 Å². The first-order valence-corrected chi connectivity index (χ1v) is 32.2. The maximum Gasteiger partial charge on any atom is 0.306 e. The fraction of sp³-hybridized carbons (Fsp3) is 0.923. The molecule has 0 spiro atoms. The van der Waals surface area contributed by atoms with Gasteiger partial charge in [-0.05, 0) is 44.9 Å². The molecule has 0 bridgehead atoms. The normalized spacial score (nSPS) is 12.0. The standard InChI is InChI=1S/C65H124O6/c1-4-7-10-13-16-19-21-23-25-27-28-29-30-31-32-33-34-35-36-37-38-39-41-42-44-46-49-52-55-58-64(67)70-61-62(60-69-63(66)57-54-51-48-18-15-12-9-6-3)71-65(68)59-56-53-50-47-45-43-40-26-24-22-20-17-14-11-8-5-2/h27-28,62H,4-26,29-61H2,1-3H3/b28-27-. The number of ether oxygens (including phenoxy) is 3. The SMILES string of the molecule is CCCCCCCCCC/C=C\CCCCCCCCCCCCCCCCCCCC(=O)OCC(COC(=O)CCCCCCCCCC)OC(=O)CCCCCCCCCCCCCCCCCC. The molecule has 0 heterocycles. The van der Waals surface area contributed by atoms with Gasteiger partial charge in [0, 0.05) is 19.3 Å². The van der Waals surface area contributed by atoms with E-state index >= 15 is 0 Å². The van der Waals surface area contributed by atoms with Crippen molar-refractivity contribution < 1.29 is 28.6 Å². The van der Waals surface area contributed by atoms with Gasteiger partial charge in [-0.1, -0.05) is 315 Å². The second-order valence-electron chi connectivity index (χ2n) is 22.0. The van der Waals surface area contributed by atoms with Gasteiger partial charge in [-0.25, -0.2) is 0 Å². The Balaban J connectivity index is 4.03. The van der Waals surface area contributed by atoms with Crippen LogP contribution in [0.4, 0.5) is 0 Å². The summed E-state index contributed by atoms with van der Waals surface area (Å²) in [6.07, 6.45) is 71.1. The van der Waals surface area contributed by atoms with Crippen LogP contribution < -0.4 is 0 Å². The van der Waals surface area contributed by atoms with Gasteiger partial charge in [-0.15, -0.1) is 0 Å². The zero-order valence-electron chi connectivity index (χ0n) is 48.3. The molecule has 0 aliphatic rings. The van der Waals surface area contributed by atoms with Gasteiger partial charge in [0.05, 0.1) is 0 Å². The van der Waals surface area contributed by atoms with Crippen LogP contribution in [0.1, 0.15) is 367 Å². The minimum Gasteiger partial charge on any atom is -0.462 e. The number of unbranched alkanes of at least 4 members (excludes halogenated alkanes) is 47. The van der Waals surface area contributed by atoms with Crippen LogP contribution in [0.3, 0.4) is 0 Å². The molecule has 0 saturated carbocycles. The van der Waals surface area contributed by atoms with Gasteiger partial charge in [0.25, 0.3) is 0 Å². The highest BCUT2D eigenvalue weighted by Crippen LogP contribution is 2.18. The van der Waals surface area contributed by atoms with Gasteiger partial charge in [-0.2, -0.15) is 0 Å². The average Bonchev–Trinajstić information content (AvgIpc) is 3.37. The van der Waals surface area contributed by atoms with Crippen LogP contribution >= 0.6 is 0 Å². The molecule has 0 aliphatic carbocycles. The van der Waals surface area contributed by atoms with Crippen molar-refractivity contribution >= 4 is 17.9 Å². The molecule has 0 saturated heterocycles. The zero-order chi connectivity index (χ0) is 51.4. The first kappa shape index (κ1) is 69.2. The smallest absolute Gasteiger partial charge is 0.306 e. The molecule has 0 fully saturated rings. The van der Waals surface area contributed by atoms with Crippen LogP contribution in [0.25, 0.3) is 0 Å². The molecule has 0 radical (unpaired) electrons. The molecule has 0 aromatic heterocycles. The van der Waals surface area contributed by atoms with E-state index in [1.54, 1.807) is 0 Å². The summed E-state index contributed by atoms with van der Waals surface area (Å²) in [6, 6.07) is 0. The zero-order valence-corrected chi connectivity index (χ0v) is 48.3. The lowest BCUT2D eigenvalue weighted by molar-refractivity contribution is -0.167. The van der Waals surface area contributed by atoms with Crippen molar-refractivity contribution in [3.63, 3.8) is 0 Å². The van der Waals surface area contributed by atoms with Crippen molar-refractivity contribution in [2.45, 2.75) is 374 Å². The Morgan fingerprint density at radius 2 is 0.465 bits per heavy atom. The molecule has 6 heteroatoms. The van der Waals surface area contributed by atoms with Crippen LogP contribution in [0.5, 0.6) is 0 Å². The molecular formula is C65H124O6. The summed E-state index contributed by atoms with van der Waals surface area (Å²) in [5.41, 5.74) is 0. The monoisotopic (exact) mass is 1000 g/mol. The van der Waals surface area contributed by atoms with Gasteiger partial charge in [0.15, 0.2) is 6.10 Å². The highest BCUT2D eigenvalue weighted by Gasteiger charge is 2.19. The van der Waals surface area contributed by atoms with Crippen molar-refractivity contribution in [2.75, 3.05) is 13.2 Å². The third kappa shape index (κ3) is 58.9. The maximum atomic E-state index is 12.8. The van der Waals surface area contributed by atoms with E-state index in [9.17, 15) is 14.4 Å². The van der Waals surface area contributed by atoms with E-state index in [4.69, 9.17) is 14.2 Å². The van der Waals surface area contributed by atoms with Gasteiger partial charge < -0.3 is 14.2 Å². The Labute approximate surface area is 443 Å². The van der Waals surface area contributed by atoms with E-state index in [1.807, 2.05) is 0 Å². The van der Waals surface area contributed by atoms with Crippen LogP contribution in [0, 0.1) is 0 Å². The largest absolute Gasteiger partial charge is 0.462 e. The molecule has 0 aromatic carbocycles. The van der Waals surface area contributed by atoms with Crippen LogP contribution in [-0.2, 0) is 28.6 Å².